The average molecular weight is 347 g/mol. The van der Waals surface area contributed by atoms with Gasteiger partial charge in [-0.15, -0.1) is 0 Å². The Kier molecular flexibility index (Phi) is 5.00. The molecule has 1 aromatic rings. The van der Waals surface area contributed by atoms with E-state index in [0.29, 0.717) is 17.4 Å². The van der Waals surface area contributed by atoms with Crippen molar-refractivity contribution >= 4 is 26.0 Å². The summed E-state index contributed by atoms with van der Waals surface area (Å²) in [5.74, 6) is 0.592. The molecule has 2 rings (SSSR count). The largest absolute Gasteiger partial charge is 0.316 e. The van der Waals surface area contributed by atoms with Crippen LogP contribution in [0.5, 0.6) is 0 Å². The van der Waals surface area contributed by atoms with E-state index < -0.39 is 10.0 Å². The summed E-state index contributed by atoms with van der Waals surface area (Å²) in [7, 11) is -3.38. The van der Waals surface area contributed by atoms with E-state index in [1.165, 1.54) is 0 Å². The average Bonchev–Trinajstić information content (AvgIpc) is 2.85. The lowest BCUT2D eigenvalue weighted by Gasteiger charge is -2.10. The molecule has 0 spiro atoms. The molecule has 1 heterocycles. The van der Waals surface area contributed by atoms with Crippen LogP contribution in [0.1, 0.15) is 18.4 Å². The molecule has 0 bridgehead atoms. The molecule has 0 aliphatic carbocycles. The van der Waals surface area contributed by atoms with Crippen molar-refractivity contribution in [3.63, 3.8) is 0 Å². The van der Waals surface area contributed by atoms with Gasteiger partial charge in [0.2, 0.25) is 10.0 Å². The Morgan fingerprint density at radius 2 is 2.26 bits per heavy atom. The van der Waals surface area contributed by atoms with Gasteiger partial charge in [0.25, 0.3) is 0 Å². The van der Waals surface area contributed by atoms with Crippen molar-refractivity contribution in [1.82, 2.24) is 10.0 Å². The van der Waals surface area contributed by atoms with Gasteiger partial charge in [0.15, 0.2) is 0 Å². The van der Waals surface area contributed by atoms with Crippen LogP contribution >= 0.6 is 15.9 Å². The maximum atomic E-state index is 12.1. The Balaban J connectivity index is 1.95. The zero-order chi connectivity index (χ0) is 13.9. The monoisotopic (exact) mass is 346 g/mol. The highest BCUT2D eigenvalue weighted by atomic mass is 79.9. The molecule has 0 radical (unpaired) electrons. The van der Waals surface area contributed by atoms with Gasteiger partial charge in [-0.05, 0) is 62.5 Å². The van der Waals surface area contributed by atoms with Crippen LogP contribution in [-0.2, 0) is 10.0 Å². The van der Waals surface area contributed by atoms with E-state index in [1.807, 2.05) is 6.92 Å². The molecule has 19 heavy (non-hydrogen) atoms. The highest BCUT2D eigenvalue weighted by Gasteiger charge is 2.17. The van der Waals surface area contributed by atoms with Gasteiger partial charge >= 0.3 is 0 Å². The fourth-order valence-electron chi connectivity index (χ4n) is 2.23. The molecule has 1 aromatic carbocycles. The molecule has 1 aliphatic rings. The number of halogens is 1. The van der Waals surface area contributed by atoms with Crippen LogP contribution in [0, 0.1) is 12.8 Å². The second kappa shape index (κ2) is 6.35. The first-order chi connectivity index (χ1) is 8.99. The van der Waals surface area contributed by atoms with Crippen LogP contribution in [-0.4, -0.2) is 28.1 Å². The van der Waals surface area contributed by atoms with Crippen LogP contribution < -0.4 is 10.0 Å². The lowest BCUT2D eigenvalue weighted by Crippen LogP contribution is -2.26. The third kappa shape index (κ3) is 4.02. The summed E-state index contributed by atoms with van der Waals surface area (Å²) in [5.41, 5.74) is 0.919. The van der Waals surface area contributed by atoms with E-state index in [0.717, 1.165) is 36.0 Å². The van der Waals surface area contributed by atoms with Crippen molar-refractivity contribution in [2.45, 2.75) is 24.7 Å². The smallest absolute Gasteiger partial charge is 0.240 e. The molecule has 1 aliphatic heterocycles. The Labute approximate surface area is 123 Å². The summed E-state index contributed by atoms with van der Waals surface area (Å²) in [6, 6.07) is 5.07. The lowest BCUT2D eigenvalue weighted by molar-refractivity contribution is 0.519. The fourth-order valence-corrected chi connectivity index (χ4v) is 3.60. The Morgan fingerprint density at radius 3 is 2.89 bits per heavy atom. The van der Waals surface area contributed by atoms with E-state index >= 15 is 0 Å². The zero-order valence-corrected chi connectivity index (χ0v) is 13.4. The summed E-state index contributed by atoms with van der Waals surface area (Å²) in [5, 5.41) is 3.28. The van der Waals surface area contributed by atoms with Gasteiger partial charge in [-0.1, -0.05) is 15.9 Å². The number of hydrogen-bond donors (Lipinski definition) is 2. The quantitative estimate of drug-likeness (QED) is 0.857. The maximum Gasteiger partial charge on any atom is 0.240 e. The van der Waals surface area contributed by atoms with Gasteiger partial charge in [-0.25, -0.2) is 13.1 Å². The molecular weight excluding hydrogens is 328 g/mol. The van der Waals surface area contributed by atoms with Crippen LogP contribution in [0.15, 0.2) is 27.6 Å². The number of rotatable bonds is 5. The number of benzene rings is 1. The normalized spacial score (nSPS) is 19.8. The van der Waals surface area contributed by atoms with E-state index in [-0.39, 0.29) is 0 Å². The van der Waals surface area contributed by atoms with Crippen molar-refractivity contribution in [3.8, 4) is 0 Å². The molecule has 6 heteroatoms. The number of hydrogen-bond acceptors (Lipinski definition) is 3. The number of nitrogens with one attached hydrogen (secondary N) is 2. The van der Waals surface area contributed by atoms with Crippen molar-refractivity contribution < 1.29 is 8.42 Å². The third-order valence-electron chi connectivity index (χ3n) is 3.45. The highest BCUT2D eigenvalue weighted by Crippen LogP contribution is 2.20. The summed E-state index contributed by atoms with van der Waals surface area (Å²) in [6.07, 6.45) is 2.03. The lowest BCUT2D eigenvalue weighted by atomic mass is 10.1. The topological polar surface area (TPSA) is 58.2 Å². The standard InChI is InChI=1S/C13H19BrN2O2S/c1-10-8-12(2-3-13(10)14)19(17,18)16-7-5-11-4-6-15-9-11/h2-3,8,11,15-16H,4-7,9H2,1H3/t11-/m1/s1. The zero-order valence-electron chi connectivity index (χ0n) is 10.9. The van der Waals surface area contributed by atoms with E-state index in [4.69, 9.17) is 0 Å². The van der Waals surface area contributed by atoms with E-state index in [2.05, 4.69) is 26.0 Å². The predicted octanol–water partition coefficient (Wildman–Crippen LogP) is 2.04. The minimum absolute atomic E-state index is 0.331. The van der Waals surface area contributed by atoms with Crippen LogP contribution in [0.3, 0.4) is 0 Å². The maximum absolute atomic E-state index is 12.1. The van der Waals surface area contributed by atoms with Gasteiger partial charge in [0.1, 0.15) is 0 Å². The van der Waals surface area contributed by atoms with Gasteiger partial charge in [-0.3, -0.25) is 0 Å². The fraction of sp³-hybridized carbons (Fsp3) is 0.538. The summed E-state index contributed by atoms with van der Waals surface area (Å²) in [4.78, 5) is 0.331. The first-order valence-electron chi connectivity index (χ1n) is 6.45. The predicted molar refractivity (Wildman–Crippen MR) is 79.7 cm³/mol. The molecule has 4 nitrogen and oxygen atoms in total. The van der Waals surface area contributed by atoms with E-state index in [9.17, 15) is 8.42 Å². The molecule has 1 atom stereocenters. The molecule has 106 valence electrons. The molecule has 0 amide bonds. The molecule has 0 saturated carbocycles. The van der Waals surface area contributed by atoms with Crippen LogP contribution in [0.4, 0.5) is 0 Å². The van der Waals surface area contributed by atoms with E-state index in [1.54, 1.807) is 18.2 Å². The van der Waals surface area contributed by atoms with Crippen molar-refractivity contribution in [1.29, 1.82) is 0 Å². The molecule has 1 fully saturated rings. The third-order valence-corrected chi connectivity index (χ3v) is 5.80. The SMILES string of the molecule is Cc1cc(S(=O)(=O)NCC[C@H]2CCNC2)ccc1Br. The van der Waals surface area contributed by atoms with Crippen LogP contribution in [0.2, 0.25) is 0 Å². The molecule has 0 unspecified atom stereocenters. The number of sulfonamides is 1. The van der Waals surface area contributed by atoms with Crippen molar-refractivity contribution in [2.24, 2.45) is 5.92 Å². The molecule has 2 N–H and O–H groups in total. The Morgan fingerprint density at radius 1 is 1.47 bits per heavy atom. The second-order valence-electron chi connectivity index (χ2n) is 4.96. The minimum Gasteiger partial charge on any atom is -0.316 e. The van der Waals surface area contributed by atoms with Crippen molar-refractivity contribution in [2.75, 3.05) is 19.6 Å². The highest BCUT2D eigenvalue weighted by molar-refractivity contribution is 9.10. The Bertz CT molecular complexity index is 540. The first-order valence-corrected chi connectivity index (χ1v) is 8.73. The van der Waals surface area contributed by atoms with Crippen LogP contribution in [0.25, 0.3) is 0 Å². The molecular formula is C13H19BrN2O2S. The first kappa shape index (κ1) is 15.0. The van der Waals surface area contributed by atoms with Gasteiger partial charge in [-0.2, -0.15) is 0 Å². The van der Waals surface area contributed by atoms with Crippen molar-refractivity contribution in [3.05, 3.63) is 28.2 Å². The molecule has 1 saturated heterocycles. The second-order valence-corrected chi connectivity index (χ2v) is 7.58. The summed E-state index contributed by atoms with van der Waals surface area (Å²) in [6.45, 7) is 4.43. The van der Waals surface area contributed by atoms with Gasteiger partial charge in [0, 0.05) is 11.0 Å². The summed E-state index contributed by atoms with van der Waals surface area (Å²) < 4.78 is 27.9. The van der Waals surface area contributed by atoms with Gasteiger partial charge < -0.3 is 5.32 Å². The Hall–Kier alpha value is -0.430. The minimum atomic E-state index is -3.38. The molecule has 0 aromatic heterocycles. The number of aryl methyl sites for hydroxylation is 1. The van der Waals surface area contributed by atoms with Gasteiger partial charge in [0.05, 0.1) is 4.90 Å². The summed E-state index contributed by atoms with van der Waals surface area (Å²) >= 11 is 3.37.